The molecule has 120 valence electrons. The average Bonchev–Trinajstić information content (AvgIpc) is 2.75. The first-order valence-electron chi connectivity index (χ1n) is 8.82. The highest BCUT2D eigenvalue weighted by molar-refractivity contribution is 6.92. The van der Waals surface area contributed by atoms with Crippen molar-refractivity contribution < 1.29 is 4.42 Å². The zero-order valence-corrected chi connectivity index (χ0v) is 16.2. The average molecular weight is 307 g/mol. The van der Waals surface area contributed by atoms with Gasteiger partial charge in [0.2, 0.25) is 0 Å². The number of furan rings is 1. The minimum Gasteiger partial charge on any atom is -0.466 e. The van der Waals surface area contributed by atoms with Crippen LogP contribution in [0.3, 0.4) is 0 Å². The van der Waals surface area contributed by atoms with Crippen LogP contribution in [0.15, 0.2) is 4.42 Å². The van der Waals surface area contributed by atoms with Crippen LogP contribution in [0, 0.1) is 6.92 Å². The molecule has 2 heteroatoms. The Kier molecular flexibility index (Phi) is 4.77. The number of rotatable bonds is 3. The Morgan fingerprint density at radius 2 is 1.67 bits per heavy atom. The molecule has 0 aliphatic heterocycles. The molecule has 1 heterocycles. The van der Waals surface area contributed by atoms with Crippen LogP contribution in [0.25, 0.3) is 0 Å². The first-order valence-corrected chi connectivity index (χ1v) is 11.8. The summed E-state index contributed by atoms with van der Waals surface area (Å²) in [5.74, 6) is 3.26. The van der Waals surface area contributed by atoms with E-state index >= 15 is 0 Å². The molecule has 0 aromatic carbocycles. The standard InChI is InChI=1S/C19H34OSi/c1-8-16-17(15-12-10-9-11-13-15)20-14(2)18(16)21(6,7)19(3,4)5/h15H,8-13H2,1-7H3. The maximum Gasteiger partial charge on any atom is 0.110 e. The zero-order valence-electron chi connectivity index (χ0n) is 15.2. The maximum absolute atomic E-state index is 6.39. The Hall–Kier alpha value is -0.503. The molecule has 1 saturated carbocycles. The van der Waals surface area contributed by atoms with Crippen molar-refractivity contribution in [1.82, 2.24) is 0 Å². The topological polar surface area (TPSA) is 13.1 Å². The molecule has 0 saturated heterocycles. The molecule has 1 aliphatic rings. The lowest BCUT2D eigenvalue weighted by atomic mass is 9.86. The summed E-state index contributed by atoms with van der Waals surface area (Å²) in [7, 11) is -1.53. The second kappa shape index (κ2) is 5.95. The smallest absolute Gasteiger partial charge is 0.110 e. The van der Waals surface area contributed by atoms with E-state index in [0.717, 1.165) is 6.42 Å². The fourth-order valence-electron chi connectivity index (χ4n) is 3.85. The van der Waals surface area contributed by atoms with E-state index in [1.54, 1.807) is 10.8 Å². The van der Waals surface area contributed by atoms with E-state index in [4.69, 9.17) is 4.42 Å². The van der Waals surface area contributed by atoms with Gasteiger partial charge < -0.3 is 4.42 Å². The normalized spacial score (nSPS) is 18.2. The van der Waals surface area contributed by atoms with E-state index in [-0.39, 0.29) is 0 Å². The van der Waals surface area contributed by atoms with Gasteiger partial charge in [-0.3, -0.25) is 0 Å². The monoisotopic (exact) mass is 306 g/mol. The van der Waals surface area contributed by atoms with Crippen LogP contribution in [-0.4, -0.2) is 8.07 Å². The summed E-state index contributed by atoms with van der Waals surface area (Å²) in [5.41, 5.74) is 1.57. The highest BCUT2D eigenvalue weighted by Crippen LogP contribution is 2.41. The summed E-state index contributed by atoms with van der Waals surface area (Å²) in [5, 5.41) is 1.99. The van der Waals surface area contributed by atoms with Gasteiger partial charge in [0.05, 0.1) is 8.07 Å². The third-order valence-corrected chi connectivity index (χ3v) is 11.7. The first kappa shape index (κ1) is 16.9. The third-order valence-electron chi connectivity index (χ3n) is 6.04. The highest BCUT2D eigenvalue weighted by atomic mass is 28.3. The van der Waals surface area contributed by atoms with Crippen LogP contribution >= 0.6 is 0 Å². The summed E-state index contributed by atoms with van der Waals surface area (Å²) in [6, 6.07) is 0. The van der Waals surface area contributed by atoms with Crippen molar-refractivity contribution in [2.45, 2.75) is 97.2 Å². The lowest BCUT2D eigenvalue weighted by Gasteiger charge is -2.37. The summed E-state index contributed by atoms with van der Waals surface area (Å²) in [6.45, 7) is 16.8. The Labute approximate surface area is 132 Å². The van der Waals surface area contributed by atoms with E-state index in [1.165, 1.54) is 43.6 Å². The first-order chi connectivity index (χ1) is 9.70. The molecular formula is C19H34OSi. The summed E-state index contributed by atoms with van der Waals surface area (Å²) in [6.07, 6.45) is 7.96. The fourth-order valence-corrected chi connectivity index (χ4v) is 6.59. The molecule has 21 heavy (non-hydrogen) atoms. The zero-order chi connectivity index (χ0) is 15.8. The van der Waals surface area contributed by atoms with E-state index in [0.29, 0.717) is 11.0 Å². The van der Waals surface area contributed by atoms with Gasteiger partial charge in [0.1, 0.15) is 11.5 Å². The fraction of sp³-hybridized carbons (Fsp3) is 0.789. The van der Waals surface area contributed by atoms with Crippen molar-refractivity contribution in [3.63, 3.8) is 0 Å². The predicted molar refractivity (Wildman–Crippen MR) is 95.5 cm³/mol. The molecule has 0 atom stereocenters. The molecule has 0 radical (unpaired) electrons. The molecule has 1 fully saturated rings. The Morgan fingerprint density at radius 1 is 1.10 bits per heavy atom. The Morgan fingerprint density at radius 3 is 2.14 bits per heavy atom. The van der Waals surface area contributed by atoms with Crippen molar-refractivity contribution in [3.8, 4) is 0 Å². The van der Waals surface area contributed by atoms with Crippen LogP contribution in [0.2, 0.25) is 18.1 Å². The largest absolute Gasteiger partial charge is 0.466 e. The molecule has 1 aromatic rings. The Balaban J connectivity index is 2.50. The van der Waals surface area contributed by atoms with Crippen LogP contribution < -0.4 is 5.19 Å². The SMILES string of the molecule is CCc1c(C2CCCCC2)oc(C)c1[Si](C)(C)C(C)(C)C. The lowest BCUT2D eigenvalue weighted by Crippen LogP contribution is -2.51. The molecule has 1 aliphatic carbocycles. The molecule has 1 nitrogen and oxygen atoms in total. The molecule has 0 amide bonds. The van der Waals surface area contributed by atoms with Crippen LogP contribution in [-0.2, 0) is 6.42 Å². The van der Waals surface area contributed by atoms with Crippen molar-refractivity contribution >= 4 is 13.3 Å². The number of aryl methyl sites for hydroxylation is 1. The van der Waals surface area contributed by atoms with Gasteiger partial charge in [0.15, 0.2) is 0 Å². The maximum atomic E-state index is 6.39. The third kappa shape index (κ3) is 3.01. The van der Waals surface area contributed by atoms with E-state index in [9.17, 15) is 0 Å². The summed E-state index contributed by atoms with van der Waals surface area (Å²) >= 11 is 0. The van der Waals surface area contributed by atoms with Crippen molar-refractivity contribution in [1.29, 1.82) is 0 Å². The molecule has 0 spiro atoms. The number of hydrogen-bond donors (Lipinski definition) is 0. The van der Waals surface area contributed by atoms with Crippen LogP contribution in [0.5, 0.6) is 0 Å². The minimum atomic E-state index is -1.53. The molecule has 0 N–H and O–H groups in total. The Bertz CT molecular complexity index is 484. The van der Waals surface area contributed by atoms with Crippen molar-refractivity contribution in [2.24, 2.45) is 0 Å². The van der Waals surface area contributed by atoms with Gasteiger partial charge in [-0.1, -0.05) is 60.1 Å². The van der Waals surface area contributed by atoms with E-state index in [2.05, 4.69) is 47.7 Å². The molecule has 2 rings (SSSR count). The van der Waals surface area contributed by atoms with Gasteiger partial charge in [0, 0.05) is 5.92 Å². The van der Waals surface area contributed by atoms with Gasteiger partial charge in [-0.2, -0.15) is 0 Å². The molecule has 1 aromatic heterocycles. The van der Waals surface area contributed by atoms with Gasteiger partial charge in [-0.15, -0.1) is 0 Å². The second-order valence-corrected chi connectivity index (χ2v) is 13.7. The van der Waals surface area contributed by atoms with Crippen LogP contribution in [0.4, 0.5) is 0 Å². The predicted octanol–water partition coefficient (Wildman–Crippen LogP) is 5.91. The highest BCUT2D eigenvalue weighted by Gasteiger charge is 2.42. The van der Waals surface area contributed by atoms with Gasteiger partial charge in [-0.25, -0.2) is 0 Å². The number of hydrogen-bond acceptors (Lipinski definition) is 1. The molecular weight excluding hydrogens is 272 g/mol. The molecule has 0 bridgehead atoms. The second-order valence-electron chi connectivity index (χ2n) is 8.44. The van der Waals surface area contributed by atoms with Crippen LogP contribution in [0.1, 0.15) is 82.8 Å². The lowest BCUT2D eigenvalue weighted by molar-refractivity contribution is 0.364. The van der Waals surface area contributed by atoms with Gasteiger partial charge in [0.25, 0.3) is 0 Å². The van der Waals surface area contributed by atoms with Gasteiger partial charge in [-0.05, 0) is 42.0 Å². The summed E-state index contributed by atoms with van der Waals surface area (Å²) in [4.78, 5) is 0. The van der Waals surface area contributed by atoms with Gasteiger partial charge >= 0.3 is 0 Å². The van der Waals surface area contributed by atoms with Crippen molar-refractivity contribution in [3.05, 3.63) is 17.1 Å². The van der Waals surface area contributed by atoms with Crippen molar-refractivity contribution in [2.75, 3.05) is 0 Å². The quantitative estimate of drug-likeness (QED) is 0.632. The minimum absolute atomic E-state index is 0.370. The molecule has 0 unspecified atom stereocenters. The van der Waals surface area contributed by atoms with E-state index in [1.807, 2.05) is 0 Å². The summed E-state index contributed by atoms with van der Waals surface area (Å²) < 4.78 is 6.39. The van der Waals surface area contributed by atoms with E-state index < -0.39 is 8.07 Å².